The van der Waals surface area contributed by atoms with Gasteiger partial charge in [0.1, 0.15) is 0 Å². The summed E-state index contributed by atoms with van der Waals surface area (Å²) >= 11 is 0. The number of aromatic nitrogens is 4. The summed E-state index contributed by atoms with van der Waals surface area (Å²) < 4.78 is 2.25. The highest BCUT2D eigenvalue weighted by Crippen LogP contribution is 2.46. The largest absolute Gasteiger partial charge is 0.310 e. The maximum Gasteiger partial charge on any atom is 0.238 e. The standard InChI is InChI=1S/C59H37N5/c1-4-16-41(17-5-1)57-60-58(42-18-6-2-7-19-42)62-59(61-57)64-53-26-13-12-24-48(53)52-37-44-36-51(49-25-14-21-40-30-34-50(56(52)64)55(44)54(40)49)39-28-31-46(32-29-39)63(45-22-8-3-9-23-45)47-33-27-38-15-10-11-20-43(38)35-47/h1-37H. The molecule has 0 aliphatic carbocycles. The smallest absolute Gasteiger partial charge is 0.238 e. The second-order valence-corrected chi connectivity index (χ2v) is 16.4. The topological polar surface area (TPSA) is 46.8 Å². The Labute approximate surface area is 369 Å². The maximum atomic E-state index is 5.24. The van der Waals surface area contributed by atoms with Gasteiger partial charge in [-0.3, -0.25) is 4.57 Å². The summed E-state index contributed by atoms with van der Waals surface area (Å²) in [6.45, 7) is 0. The summed E-state index contributed by atoms with van der Waals surface area (Å²) in [5, 5.41) is 12.0. The van der Waals surface area contributed by atoms with Gasteiger partial charge in [0.25, 0.3) is 0 Å². The van der Waals surface area contributed by atoms with Crippen LogP contribution in [0.4, 0.5) is 17.1 Å². The minimum atomic E-state index is 0.586. The highest BCUT2D eigenvalue weighted by molar-refractivity contribution is 6.33. The van der Waals surface area contributed by atoms with E-state index in [1.54, 1.807) is 0 Å². The zero-order chi connectivity index (χ0) is 42.1. The van der Waals surface area contributed by atoms with Crippen molar-refractivity contribution in [1.82, 2.24) is 19.5 Å². The van der Waals surface area contributed by atoms with E-state index in [0.717, 1.165) is 55.4 Å². The van der Waals surface area contributed by atoms with E-state index in [4.69, 9.17) is 15.0 Å². The number of fused-ring (bicyclic) bond motifs is 5. The van der Waals surface area contributed by atoms with Gasteiger partial charge in [-0.05, 0) is 103 Å². The first-order valence-corrected chi connectivity index (χ1v) is 21.7. The molecule has 0 bridgehead atoms. The van der Waals surface area contributed by atoms with E-state index in [1.165, 1.54) is 48.8 Å². The molecule has 0 radical (unpaired) electrons. The second kappa shape index (κ2) is 14.5. The number of nitrogens with zero attached hydrogens (tertiary/aromatic N) is 5. The van der Waals surface area contributed by atoms with Crippen molar-refractivity contribution in [2.45, 2.75) is 0 Å². The Kier molecular flexibility index (Phi) is 8.15. The Morgan fingerprint density at radius 1 is 0.328 bits per heavy atom. The lowest BCUT2D eigenvalue weighted by Gasteiger charge is -2.26. The molecule has 13 rings (SSSR count). The summed E-state index contributed by atoms with van der Waals surface area (Å²) in [6.07, 6.45) is 0. The number of hydrogen-bond acceptors (Lipinski definition) is 4. The van der Waals surface area contributed by atoms with Crippen molar-refractivity contribution < 1.29 is 0 Å². The minimum Gasteiger partial charge on any atom is -0.310 e. The summed E-state index contributed by atoms with van der Waals surface area (Å²) in [6, 6.07) is 80.0. The fourth-order valence-corrected chi connectivity index (χ4v) is 9.83. The molecule has 2 heterocycles. The van der Waals surface area contributed by atoms with Crippen molar-refractivity contribution in [3.05, 3.63) is 224 Å². The molecule has 11 aromatic carbocycles. The molecule has 0 unspecified atom stereocenters. The van der Waals surface area contributed by atoms with Crippen LogP contribution in [-0.2, 0) is 0 Å². The van der Waals surface area contributed by atoms with E-state index in [0.29, 0.717) is 17.6 Å². The molecule has 0 saturated carbocycles. The van der Waals surface area contributed by atoms with E-state index >= 15 is 0 Å². The quantitative estimate of drug-likeness (QED) is 0.150. The lowest BCUT2D eigenvalue weighted by Crippen LogP contribution is -2.09. The van der Waals surface area contributed by atoms with Crippen molar-refractivity contribution in [1.29, 1.82) is 0 Å². The SMILES string of the molecule is c1ccc(-c2nc(-c3ccccc3)nc(-n3c4ccccc4c4cc5cc(-c6ccc(N(c7ccccc7)c7ccc8ccccc8c7)cc6)c6cccc7ccc(c5c76)c43)n2)cc1. The molecule has 0 amide bonds. The van der Waals surface area contributed by atoms with E-state index in [1.807, 2.05) is 36.4 Å². The first-order valence-electron chi connectivity index (χ1n) is 21.7. The molecule has 5 heteroatoms. The third kappa shape index (κ3) is 5.75. The van der Waals surface area contributed by atoms with Crippen LogP contribution in [0.25, 0.3) is 105 Å². The van der Waals surface area contributed by atoms with Gasteiger partial charge < -0.3 is 4.90 Å². The molecule has 0 N–H and O–H groups in total. The fourth-order valence-electron chi connectivity index (χ4n) is 9.83. The van der Waals surface area contributed by atoms with Gasteiger partial charge >= 0.3 is 0 Å². The van der Waals surface area contributed by atoms with E-state index in [9.17, 15) is 0 Å². The van der Waals surface area contributed by atoms with E-state index in [-0.39, 0.29) is 0 Å². The summed E-state index contributed by atoms with van der Waals surface area (Å²) in [5.41, 5.74) is 9.70. The number of hydrogen-bond donors (Lipinski definition) is 0. The molecule has 2 aromatic heterocycles. The molecule has 0 fully saturated rings. The molecule has 5 nitrogen and oxygen atoms in total. The highest BCUT2D eigenvalue weighted by atomic mass is 15.2. The summed E-state index contributed by atoms with van der Waals surface area (Å²) in [7, 11) is 0. The molecule has 298 valence electrons. The molecule has 13 aromatic rings. The van der Waals surface area contributed by atoms with Crippen LogP contribution in [0.15, 0.2) is 224 Å². The van der Waals surface area contributed by atoms with Crippen LogP contribution in [0.5, 0.6) is 0 Å². The summed E-state index contributed by atoms with van der Waals surface area (Å²) in [4.78, 5) is 17.9. The Morgan fingerprint density at radius 3 is 1.66 bits per heavy atom. The first-order chi connectivity index (χ1) is 31.7. The lowest BCUT2D eigenvalue weighted by atomic mass is 9.88. The van der Waals surface area contributed by atoms with Gasteiger partial charge in [0.2, 0.25) is 5.95 Å². The number of para-hydroxylation sites is 2. The van der Waals surface area contributed by atoms with Crippen molar-refractivity contribution in [3.8, 4) is 39.9 Å². The number of rotatable bonds is 7. The van der Waals surface area contributed by atoms with Crippen LogP contribution in [0.2, 0.25) is 0 Å². The predicted molar refractivity (Wildman–Crippen MR) is 266 cm³/mol. The van der Waals surface area contributed by atoms with Gasteiger partial charge in [-0.15, -0.1) is 0 Å². The van der Waals surface area contributed by atoms with Crippen molar-refractivity contribution >= 4 is 82.0 Å². The van der Waals surface area contributed by atoms with Gasteiger partial charge in [-0.25, -0.2) is 4.98 Å². The van der Waals surface area contributed by atoms with Crippen LogP contribution in [0, 0.1) is 0 Å². The van der Waals surface area contributed by atoms with Crippen LogP contribution < -0.4 is 4.90 Å². The van der Waals surface area contributed by atoms with Gasteiger partial charge in [-0.2, -0.15) is 9.97 Å². The predicted octanol–water partition coefficient (Wildman–Crippen LogP) is 15.5. The maximum absolute atomic E-state index is 5.24. The van der Waals surface area contributed by atoms with Gasteiger partial charge in [0.15, 0.2) is 11.6 Å². The minimum absolute atomic E-state index is 0.586. The van der Waals surface area contributed by atoms with Gasteiger partial charge in [0, 0.05) is 44.3 Å². The van der Waals surface area contributed by atoms with E-state index in [2.05, 4.69) is 198 Å². The molecular formula is C59H37N5. The molecule has 0 aliphatic rings. The zero-order valence-corrected chi connectivity index (χ0v) is 34.6. The summed E-state index contributed by atoms with van der Waals surface area (Å²) in [5.74, 6) is 1.85. The average molecular weight is 816 g/mol. The Hall–Kier alpha value is -8.67. The van der Waals surface area contributed by atoms with Crippen molar-refractivity contribution in [2.75, 3.05) is 4.90 Å². The van der Waals surface area contributed by atoms with Gasteiger partial charge in [0.05, 0.1) is 11.0 Å². The fraction of sp³-hybridized carbons (Fsp3) is 0. The molecule has 0 aliphatic heterocycles. The Morgan fingerprint density at radius 2 is 0.906 bits per heavy atom. The number of anilines is 3. The average Bonchev–Trinajstić information content (AvgIpc) is 3.70. The molecule has 0 saturated heterocycles. The first kappa shape index (κ1) is 36.0. The highest BCUT2D eigenvalue weighted by Gasteiger charge is 2.23. The van der Waals surface area contributed by atoms with Crippen molar-refractivity contribution in [2.24, 2.45) is 0 Å². The second-order valence-electron chi connectivity index (χ2n) is 16.4. The zero-order valence-electron chi connectivity index (χ0n) is 34.6. The van der Waals surface area contributed by atoms with Crippen LogP contribution in [0.3, 0.4) is 0 Å². The third-order valence-electron chi connectivity index (χ3n) is 12.7. The monoisotopic (exact) mass is 815 g/mol. The van der Waals surface area contributed by atoms with Crippen LogP contribution in [-0.4, -0.2) is 19.5 Å². The normalized spacial score (nSPS) is 11.8. The molecule has 0 atom stereocenters. The van der Waals surface area contributed by atoms with Gasteiger partial charge in [-0.1, -0.05) is 170 Å². The van der Waals surface area contributed by atoms with E-state index < -0.39 is 0 Å². The third-order valence-corrected chi connectivity index (χ3v) is 12.7. The molecular weight excluding hydrogens is 779 g/mol. The van der Waals surface area contributed by atoms with Crippen LogP contribution >= 0.6 is 0 Å². The lowest BCUT2D eigenvalue weighted by molar-refractivity contribution is 0.955. The molecule has 0 spiro atoms. The van der Waals surface area contributed by atoms with Crippen molar-refractivity contribution in [3.63, 3.8) is 0 Å². The van der Waals surface area contributed by atoms with Crippen LogP contribution in [0.1, 0.15) is 0 Å². The Balaban J connectivity index is 1.02. The molecule has 64 heavy (non-hydrogen) atoms. The number of benzene rings is 11. The Bertz CT molecular complexity index is 3820.